The standard InChI is InChI=1S/C57H38N2/c1-5-15-43(16-6-1)57(44-17-7-2-8-18-44)52-24-14-13-23-47(52)48-31-29-42(38-53(48)57)40-27-25-39(26-28-40)41-30-33-55-51(37-41)49-32-34-54-50(35-36-58(54)45-19-9-3-10-20-45)56(49)59(55)46-21-11-4-12-22-46/h1-38H. The van der Waals surface area contributed by atoms with Gasteiger partial charge < -0.3 is 9.13 Å². The van der Waals surface area contributed by atoms with E-state index in [0.29, 0.717) is 0 Å². The van der Waals surface area contributed by atoms with E-state index < -0.39 is 5.41 Å². The third-order valence-corrected chi connectivity index (χ3v) is 12.7. The average Bonchev–Trinajstić information content (AvgIpc) is 3.99. The van der Waals surface area contributed by atoms with Crippen LogP contribution in [0.5, 0.6) is 0 Å². The lowest BCUT2D eigenvalue weighted by molar-refractivity contribution is 0.769. The molecule has 2 aromatic heterocycles. The molecule has 11 aromatic rings. The molecular formula is C57H38N2. The maximum atomic E-state index is 2.45. The Bertz CT molecular complexity index is 3300. The number of benzene rings is 9. The van der Waals surface area contributed by atoms with Crippen LogP contribution in [0.2, 0.25) is 0 Å². The second kappa shape index (κ2) is 13.2. The van der Waals surface area contributed by atoms with Crippen LogP contribution in [0.1, 0.15) is 22.3 Å². The van der Waals surface area contributed by atoms with Crippen LogP contribution in [0.25, 0.3) is 77.5 Å². The highest BCUT2D eigenvalue weighted by molar-refractivity contribution is 6.19. The normalized spacial score (nSPS) is 12.9. The third kappa shape index (κ3) is 5.00. The number of para-hydroxylation sites is 2. The fourth-order valence-electron chi connectivity index (χ4n) is 10.0. The van der Waals surface area contributed by atoms with Gasteiger partial charge in [0.15, 0.2) is 0 Å². The van der Waals surface area contributed by atoms with E-state index in [0.717, 1.165) is 11.4 Å². The van der Waals surface area contributed by atoms with Crippen molar-refractivity contribution in [1.29, 1.82) is 0 Å². The fraction of sp³-hybridized carbons (Fsp3) is 0.0175. The molecule has 12 rings (SSSR count). The van der Waals surface area contributed by atoms with Gasteiger partial charge in [0.2, 0.25) is 0 Å². The van der Waals surface area contributed by atoms with Crippen LogP contribution in [0.3, 0.4) is 0 Å². The minimum absolute atomic E-state index is 0.422. The SMILES string of the molecule is c1ccc(-n2ccc3c2ccc2c4cc(-c5ccc(-c6ccc7c(c6)C(c6ccccc6)(c6ccccc6)c6ccccc6-7)cc5)ccc4n(-c4ccccc4)c23)cc1. The van der Waals surface area contributed by atoms with Gasteiger partial charge in [0, 0.05) is 33.7 Å². The molecule has 0 saturated heterocycles. The summed E-state index contributed by atoms with van der Waals surface area (Å²) in [6.45, 7) is 0. The molecule has 0 fully saturated rings. The predicted molar refractivity (Wildman–Crippen MR) is 246 cm³/mol. The van der Waals surface area contributed by atoms with Crippen LogP contribution in [-0.4, -0.2) is 9.13 Å². The van der Waals surface area contributed by atoms with Crippen molar-refractivity contribution in [3.8, 4) is 44.8 Å². The molecule has 2 nitrogen and oxygen atoms in total. The quantitative estimate of drug-likeness (QED) is 0.160. The molecule has 0 atom stereocenters. The van der Waals surface area contributed by atoms with E-state index in [4.69, 9.17) is 0 Å². The molecule has 0 saturated carbocycles. The largest absolute Gasteiger partial charge is 0.316 e. The van der Waals surface area contributed by atoms with Crippen molar-refractivity contribution in [2.24, 2.45) is 0 Å². The molecule has 0 bridgehead atoms. The molecule has 59 heavy (non-hydrogen) atoms. The first-order valence-corrected chi connectivity index (χ1v) is 20.4. The number of rotatable bonds is 6. The van der Waals surface area contributed by atoms with Crippen LogP contribution in [0.4, 0.5) is 0 Å². The Morgan fingerprint density at radius 2 is 0.847 bits per heavy atom. The zero-order valence-corrected chi connectivity index (χ0v) is 32.3. The summed E-state index contributed by atoms with van der Waals surface area (Å²) in [7, 11) is 0. The highest BCUT2D eigenvalue weighted by Crippen LogP contribution is 2.56. The highest BCUT2D eigenvalue weighted by atomic mass is 15.0. The summed E-state index contributed by atoms with van der Waals surface area (Å²) in [6, 6.07) is 82.4. The van der Waals surface area contributed by atoms with Crippen molar-refractivity contribution in [1.82, 2.24) is 9.13 Å². The number of hydrogen-bond donors (Lipinski definition) is 0. The Balaban J connectivity index is 0.980. The van der Waals surface area contributed by atoms with Crippen molar-refractivity contribution in [3.05, 3.63) is 253 Å². The van der Waals surface area contributed by atoms with Gasteiger partial charge in [-0.1, -0.05) is 170 Å². The van der Waals surface area contributed by atoms with Crippen molar-refractivity contribution < 1.29 is 0 Å². The van der Waals surface area contributed by atoms with Gasteiger partial charge in [0.05, 0.1) is 22.0 Å². The summed E-state index contributed by atoms with van der Waals surface area (Å²) in [6.07, 6.45) is 2.20. The van der Waals surface area contributed by atoms with Gasteiger partial charge in [0.25, 0.3) is 0 Å². The average molecular weight is 751 g/mol. The summed E-state index contributed by atoms with van der Waals surface area (Å²) < 4.78 is 4.73. The minimum atomic E-state index is -0.422. The predicted octanol–water partition coefficient (Wildman–Crippen LogP) is 14.4. The number of fused-ring (bicyclic) bond motifs is 8. The molecule has 0 aliphatic heterocycles. The molecule has 2 heteroatoms. The second-order valence-corrected chi connectivity index (χ2v) is 15.7. The lowest BCUT2D eigenvalue weighted by atomic mass is 9.67. The monoisotopic (exact) mass is 750 g/mol. The molecule has 0 radical (unpaired) electrons. The van der Waals surface area contributed by atoms with Crippen LogP contribution in [-0.2, 0) is 5.41 Å². The second-order valence-electron chi connectivity index (χ2n) is 15.7. The Labute approximate surface area is 343 Å². The van der Waals surface area contributed by atoms with Crippen LogP contribution in [0.15, 0.2) is 231 Å². The molecular weight excluding hydrogens is 713 g/mol. The molecule has 1 aliphatic carbocycles. The molecule has 1 aliphatic rings. The summed E-state index contributed by atoms with van der Waals surface area (Å²) >= 11 is 0. The maximum Gasteiger partial charge on any atom is 0.0713 e. The summed E-state index contributed by atoms with van der Waals surface area (Å²) in [5, 5.41) is 3.73. The van der Waals surface area contributed by atoms with Gasteiger partial charge >= 0.3 is 0 Å². The Morgan fingerprint density at radius 1 is 0.322 bits per heavy atom. The molecule has 0 N–H and O–H groups in total. The van der Waals surface area contributed by atoms with E-state index in [1.807, 2.05) is 0 Å². The lowest BCUT2D eigenvalue weighted by Gasteiger charge is -2.34. The van der Waals surface area contributed by atoms with E-state index in [2.05, 4.69) is 240 Å². The zero-order valence-electron chi connectivity index (χ0n) is 32.3. The molecule has 276 valence electrons. The van der Waals surface area contributed by atoms with E-state index in [1.54, 1.807) is 0 Å². The molecule has 0 amide bonds. The van der Waals surface area contributed by atoms with Crippen molar-refractivity contribution in [3.63, 3.8) is 0 Å². The first-order chi connectivity index (χ1) is 29.3. The lowest BCUT2D eigenvalue weighted by Crippen LogP contribution is -2.28. The van der Waals surface area contributed by atoms with Crippen molar-refractivity contribution in [2.75, 3.05) is 0 Å². The smallest absolute Gasteiger partial charge is 0.0713 e. The third-order valence-electron chi connectivity index (χ3n) is 12.7. The molecule has 0 spiro atoms. The Kier molecular flexibility index (Phi) is 7.48. The van der Waals surface area contributed by atoms with Gasteiger partial charge in [-0.3, -0.25) is 0 Å². The topological polar surface area (TPSA) is 9.86 Å². The number of aromatic nitrogens is 2. The van der Waals surface area contributed by atoms with Gasteiger partial charge in [-0.25, -0.2) is 0 Å². The van der Waals surface area contributed by atoms with E-state index in [1.165, 1.54) is 88.3 Å². The molecule has 2 heterocycles. The van der Waals surface area contributed by atoms with E-state index >= 15 is 0 Å². The maximum absolute atomic E-state index is 2.45. The van der Waals surface area contributed by atoms with Gasteiger partial charge in [-0.05, 0) is 110 Å². The van der Waals surface area contributed by atoms with Crippen LogP contribution in [0, 0.1) is 0 Å². The van der Waals surface area contributed by atoms with Gasteiger partial charge in [0.1, 0.15) is 0 Å². The van der Waals surface area contributed by atoms with Gasteiger partial charge in [-0.15, -0.1) is 0 Å². The summed E-state index contributed by atoms with van der Waals surface area (Å²) in [5.74, 6) is 0. The minimum Gasteiger partial charge on any atom is -0.316 e. The first-order valence-electron chi connectivity index (χ1n) is 20.4. The van der Waals surface area contributed by atoms with E-state index in [9.17, 15) is 0 Å². The first kappa shape index (κ1) is 33.5. The fourth-order valence-corrected chi connectivity index (χ4v) is 10.0. The van der Waals surface area contributed by atoms with E-state index in [-0.39, 0.29) is 0 Å². The van der Waals surface area contributed by atoms with Gasteiger partial charge in [-0.2, -0.15) is 0 Å². The zero-order chi connectivity index (χ0) is 38.9. The molecule has 0 unspecified atom stereocenters. The number of nitrogens with zero attached hydrogens (tertiary/aromatic N) is 2. The Morgan fingerprint density at radius 3 is 1.53 bits per heavy atom. The Hall–Kier alpha value is -7.68. The highest BCUT2D eigenvalue weighted by Gasteiger charge is 2.46. The number of hydrogen-bond acceptors (Lipinski definition) is 0. The summed E-state index contributed by atoms with van der Waals surface area (Å²) in [5.41, 5.74) is 18.2. The van der Waals surface area contributed by atoms with Crippen molar-refractivity contribution in [2.45, 2.75) is 5.41 Å². The van der Waals surface area contributed by atoms with Crippen molar-refractivity contribution >= 4 is 32.7 Å². The summed E-state index contributed by atoms with van der Waals surface area (Å²) in [4.78, 5) is 0. The van der Waals surface area contributed by atoms with Crippen LogP contribution >= 0.6 is 0 Å². The molecule has 9 aromatic carbocycles. The van der Waals surface area contributed by atoms with Crippen LogP contribution < -0.4 is 0 Å².